The maximum Gasteiger partial charge on any atom is 0.387 e. The van der Waals surface area contributed by atoms with E-state index in [9.17, 15) is 18.4 Å². The van der Waals surface area contributed by atoms with E-state index in [2.05, 4.69) is 15.4 Å². The SMILES string of the molecule is NC(=O)NCCCCCC(=O)Nc1ccc(OC(F)F)c(Cc2ccccc2)c1. The third-order valence-electron chi connectivity index (χ3n) is 4.18. The molecule has 6 nitrogen and oxygen atoms in total. The van der Waals surface area contributed by atoms with Crippen LogP contribution in [-0.4, -0.2) is 25.1 Å². The Morgan fingerprint density at radius 1 is 1.03 bits per heavy atom. The number of ether oxygens (including phenoxy) is 1. The molecule has 0 saturated carbocycles. The number of hydrogen-bond donors (Lipinski definition) is 3. The van der Waals surface area contributed by atoms with Crippen LogP contribution >= 0.6 is 0 Å². The van der Waals surface area contributed by atoms with Gasteiger partial charge in [-0.05, 0) is 36.6 Å². The van der Waals surface area contributed by atoms with Gasteiger partial charge in [0.05, 0.1) is 0 Å². The van der Waals surface area contributed by atoms with Gasteiger partial charge in [0.1, 0.15) is 5.75 Å². The molecule has 0 aliphatic rings. The molecule has 0 spiro atoms. The normalized spacial score (nSPS) is 10.6. The van der Waals surface area contributed by atoms with E-state index in [1.54, 1.807) is 12.1 Å². The lowest BCUT2D eigenvalue weighted by molar-refractivity contribution is -0.116. The number of amides is 3. The van der Waals surface area contributed by atoms with Gasteiger partial charge in [0, 0.05) is 30.6 Å². The summed E-state index contributed by atoms with van der Waals surface area (Å²) in [5.74, 6) is -0.0788. The molecule has 0 heterocycles. The predicted octanol–water partition coefficient (Wildman–Crippen LogP) is 4.05. The molecule has 2 rings (SSSR count). The second-order valence-electron chi connectivity index (χ2n) is 6.51. The van der Waals surface area contributed by atoms with Crippen LogP contribution in [0.15, 0.2) is 48.5 Å². The van der Waals surface area contributed by atoms with Crippen LogP contribution in [0.5, 0.6) is 5.75 Å². The fraction of sp³-hybridized carbons (Fsp3) is 0.333. The Kier molecular flexibility index (Phi) is 8.88. The van der Waals surface area contributed by atoms with E-state index in [0.717, 1.165) is 18.4 Å². The molecule has 0 aromatic heterocycles. The van der Waals surface area contributed by atoms with Gasteiger partial charge in [-0.25, -0.2) is 4.79 Å². The quantitative estimate of drug-likeness (QED) is 0.493. The summed E-state index contributed by atoms with van der Waals surface area (Å²) in [4.78, 5) is 22.7. The molecular formula is C21H25F2N3O3. The van der Waals surface area contributed by atoms with E-state index in [1.165, 1.54) is 6.07 Å². The number of urea groups is 1. The fourth-order valence-electron chi connectivity index (χ4n) is 2.84. The minimum absolute atomic E-state index is 0.0869. The van der Waals surface area contributed by atoms with Crippen molar-refractivity contribution in [3.8, 4) is 5.75 Å². The van der Waals surface area contributed by atoms with Crippen LogP contribution < -0.4 is 21.1 Å². The van der Waals surface area contributed by atoms with Gasteiger partial charge in [0.2, 0.25) is 5.91 Å². The Morgan fingerprint density at radius 2 is 1.79 bits per heavy atom. The predicted molar refractivity (Wildman–Crippen MR) is 107 cm³/mol. The van der Waals surface area contributed by atoms with Crippen LogP contribution in [-0.2, 0) is 11.2 Å². The van der Waals surface area contributed by atoms with Crippen LogP contribution in [0, 0.1) is 0 Å². The number of nitrogens with two attached hydrogens (primary N) is 1. The summed E-state index contributed by atoms with van der Waals surface area (Å²) in [6.45, 7) is -2.44. The molecule has 0 aliphatic heterocycles. The summed E-state index contributed by atoms with van der Waals surface area (Å²) in [5, 5.41) is 5.28. The first-order chi connectivity index (χ1) is 13.9. The molecule has 0 bridgehead atoms. The van der Waals surface area contributed by atoms with Crippen molar-refractivity contribution in [1.29, 1.82) is 0 Å². The minimum atomic E-state index is -2.92. The topological polar surface area (TPSA) is 93.5 Å². The van der Waals surface area contributed by atoms with Gasteiger partial charge in [0.25, 0.3) is 0 Å². The second-order valence-corrected chi connectivity index (χ2v) is 6.51. The second kappa shape index (κ2) is 11.6. The Balaban J connectivity index is 1.93. The van der Waals surface area contributed by atoms with Gasteiger partial charge in [-0.1, -0.05) is 36.8 Å². The number of hydrogen-bond acceptors (Lipinski definition) is 3. The van der Waals surface area contributed by atoms with Gasteiger partial charge in [-0.3, -0.25) is 4.79 Å². The lowest BCUT2D eigenvalue weighted by Crippen LogP contribution is -2.29. The molecule has 2 aromatic carbocycles. The number of carbonyl (C=O) groups is 2. The highest BCUT2D eigenvalue weighted by atomic mass is 19.3. The highest BCUT2D eigenvalue weighted by Crippen LogP contribution is 2.27. The van der Waals surface area contributed by atoms with E-state index in [-0.39, 0.29) is 11.7 Å². The molecule has 0 fully saturated rings. The molecule has 8 heteroatoms. The number of primary amides is 1. The van der Waals surface area contributed by atoms with Crippen molar-refractivity contribution >= 4 is 17.6 Å². The zero-order chi connectivity index (χ0) is 21.1. The molecule has 0 radical (unpaired) electrons. The van der Waals surface area contributed by atoms with E-state index in [4.69, 9.17) is 5.73 Å². The third-order valence-corrected chi connectivity index (χ3v) is 4.18. The first-order valence-corrected chi connectivity index (χ1v) is 9.39. The Hall–Kier alpha value is -3.16. The highest BCUT2D eigenvalue weighted by molar-refractivity contribution is 5.90. The van der Waals surface area contributed by atoms with E-state index >= 15 is 0 Å². The molecule has 0 atom stereocenters. The molecule has 156 valence electrons. The first-order valence-electron chi connectivity index (χ1n) is 9.39. The van der Waals surface area contributed by atoms with Crippen molar-refractivity contribution in [3.63, 3.8) is 0 Å². The summed E-state index contributed by atoms with van der Waals surface area (Å²) in [6, 6.07) is 13.5. The third kappa shape index (κ3) is 8.59. The number of benzene rings is 2. The lowest BCUT2D eigenvalue weighted by Gasteiger charge is -2.13. The summed E-state index contributed by atoms with van der Waals surface area (Å²) in [6.07, 6.45) is 2.89. The Morgan fingerprint density at radius 3 is 2.48 bits per heavy atom. The standard InChI is InChI=1S/C21H25F2N3O3/c22-20(23)29-18-11-10-17(14-16(18)13-15-7-3-1-4-8-15)26-19(27)9-5-2-6-12-25-21(24)28/h1,3-4,7-8,10-11,14,20H,2,5-6,9,12-13H2,(H,26,27)(H3,24,25,28). The number of alkyl halides is 2. The summed E-state index contributed by atoms with van der Waals surface area (Å²) in [5.41, 5.74) is 7.01. The van der Waals surface area contributed by atoms with Crippen LogP contribution in [0.3, 0.4) is 0 Å². The highest BCUT2D eigenvalue weighted by Gasteiger charge is 2.12. The van der Waals surface area contributed by atoms with Gasteiger partial charge in [-0.2, -0.15) is 8.78 Å². The largest absolute Gasteiger partial charge is 0.435 e. The maximum atomic E-state index is 12.7. The molecule has 4 N–H and O–H groups in total. The number of carbonyl (C=O) groups excluding carboxylic acids is 2. The van der Waals surface area contributed by atoms with Gasteiger partial charge in [-0.15, -0.1) is 0 Å². The Labute approximate surface area is 168 Å². The first kappa shape index (κ1) is 22.1. The van der Waals surface area contributed by atoms with Gasteiger partial charge >= 0.3 is 12.6 Å². The monoisotopic (exact) mass is 405 g/mol. The minimum Gasteiger partial charge on any atom is -0.435 e. The van der Waals surface area contributed by atoms with Crippen molar-refractivity contribution < 1.29 is 23.1 Å². The van der Waals surface area contributed by atoms with E-state index < -0.39 is 12.6 Å². The van der Waals surface area contributed by atoms with Crippen molar-refractivity contribution in [2.45, 2.75) is 38.7 Å². The van der Waals surface area contributed by atoms with Crippen LogP contribution in [0.2, 0.25) is 0 Å². The van der Waals surface area contributed by atoms with Crippen LogP contribution in [0.25, 0.3) is 0 Å². The van der Waals surface area contributed by atoms with Crippen molar-refractivity contribution in [1.82, 2.24) is 5.32 Å². The van der Waals surface area contributed by atoms with Crippen molar-refractivity contribution in [2.24, 2.45) is 5.73 Å². The number of rotatable bonds is 11. The fourth-order valence-corrected chi connectivity index (χ4v) is 2.84. The number of unbranched alkanes of at least 4 members (excludes halogenated alkanes) is 2. The number of nitrogens with one attached hydrogen (secondary N) is 2. The average molecular weight is 405 g/mol. The Bertz CT molecular complexity index is 801. The van der Waals surface area contributed by atoms with Crippen LogP contribution in [0.1, 0.15) is 36.8 Å². The number of anilines is 1. The molecule has 0 unspecified atom stereocenters. The van der Waals surface area contributed by atoms with Crippen molar-refractivity contribution in [3.05, 3.63) is 59.7 Å². The van der Waals surface area contributed by atoms with E-state index in [1.807, 2.05) is 30.3 Å². The molecule has 29 heavy (non-hydrogen) atoms. The zero-order valence-electron chi connectivity index (χ0n) is 16.0. The van der Waals surface area contributed by atoms with Crippen LogP contribution in [0.4, 0.5) is 19.3 Å². The maximum absolute atomic E-state index is 12.7. The van der Waals surface area contributed by atoms with Crippen molar-refractivity contribution in [2.75, 3.05) is 11.9 Å². The molecule has 0 aliphatic carbocycles. The smallest absolute Gasteiger partial charge is 0.387 e. The molecule has 2 aromatic rings. The average Bonchev–Trinajstić information content (AvgIpc) is 2.67. The summed E-state index contributed by atoms with van der Waals surface area (Å²) < 4.78 is 30.0. The molecular weight excluding hydrogens is 380 g/mol. The number of halogens is 2. The van der Waals surface area contributed by atoms with Gasteiger partial charge < -0.3 is 21.1 Å². The summed E-state index contributed by atoms with van der Waals surface area (Å²) in [7, 11) is 0. The summed E-state index contributed by atoms with van der Waals surface area (Å²) >= 11 is 0. The molecule has 0 saturated heterocycles. The van der Waals surface area contributed by atoms with E-state index in [0.29, 0.717) is 37.1 Å². The zero-order valence-corrected chi connectivity index (χ0v) is 16.0. The molecule has 3 amide bonds. The van der Waals surface area contributed by atoms with Gasteiger partial charge in [0.15, 0.2) is 0 Å². The lowest BCUT2D eigenvalue weighted by atomic mass is 10.0.